The molecule has 0 unspecified atom stereocenters. The topological polar surface area (TPSA) is 49.8 Å². The van der Waals surface area contributed by atoms with Crippen LogP contribution in [0.4, 0.5) is 0 Å². The van der Waals surface area contributed by atoms with Crippen molar-refractivity contribution in [2.45, 2.75) is 0 Å². The van der Waals surface area contributed by atoms with Gasteiger partial charge in [0, 0.05) is 26.1 Å². The van der Waals surface area contributed by atoms with Crippen molar-refractivity contribution in [3.8, 4) is 5.75 Å². The highest BCUT2D eigenvalue weighted by Gasteiger charge is 2.17. The van der Waals surface area contributed by atoms with Gasteiger partial charge in [0.2, 0.25) is 0 Å². The van der Waals surface area contributed by atoms with E-state index in [0.29, 0.717) is 25.6 Å². The van der Waals surface area contributed by atoms with E-state index in [0.717, 1.165) is 0 Å². The Morgan fingerprint density at radius 3 is 2.71 bits per heavy atom. The molecule has 1 rings (SSSR count). The summed E-state index contributed by atoms with van der Waals surface area (Å²) < 4.78 is 4.94. The molecule has 1 amide bonds. The third-order valence-electron chi connectivity index (χ3n) is 2.34. The van der Waals surface area contributed by atoms with Crippen molar-refractivity contribution in [1.82, 2.24) is 4.90 Å². The minimum atomic E-state index is -0.235. The molecule has 0 spiro atoms. The SMILES string of the molecule is COCCN(CCCl)C(=O)c1ccccc1O. The number of carbonyl (C=O) groups is 1. The molecule has 0 heterocycles. The van der Waals surface area contributed by atoms with E-state index < -0.39 is 0 Å². The van der Waals surface area contributed by atoms with Gasteiger partial charge < -0.3 is 14.7 Å². The Balaban J connectivity index is 2.80. The summed E-state index contributed by atoms with van der Waals surface area (Å²) in [5.41, 5.74) is 0.286. The third-order valence-corrected chi connectivity index (χ3v) is 2.51. The number of rotatable bonds is 6. The summed E-state index contributed by atoms with van der Waals surface area (Å²) >= 11 is 5.65. The lowest BCUT2D eigenvalue weighted by Crippen LogP contribution is -2.35. The van der Waals surface area contributed by atoms with Crippen LogP contribution in [0, 0.1) is 0 Å². The first-order valence-corrected chi connectivity index (χ1v) is 5.86. The van der Waals surface area contributed by atoms with Crippen LogP contribution >= 0.6 is 11.6 Å². The number of aromatic hydroxyl groups is 1. The number of hydrogen-bond donors (Lipinski definition) is 1. The molecule has 94 valence electrons. The van der Waals surface area contributed by atoms with Crippen LogP contribution in [0.25, 0.3) is 0 Å². The van der Waals surface area contributed by atoms with Gasteiger partial charge >= 0.3 is 0 Å². The molecule has 17 heavy (non-hydrogen) atoms. The van der Waals surface area contributed by atoms with Gasteiger partial charge in [-0.1, -0.05) is 12.1 Å². The maximum Gasteiger partial charge on any atom is 0.257 e. The molecule has 0 bridgehead atoms. The van der Waals surface area contributed by atoms with E-state index >= 15 is 0 Å². The summed E-state index contributed by atoms with van der Waals surface area (Å²) in [6, 6.07) is 6.46. The van der Waals surface area contributed by atoms with Crippen molar-refractivity contribution < 1.29 is 14.6 Å². The molecule has 5 heteroatoms. The Kier molecular flexibility index (Phi) is 5.80. The van der Waals surface area contributed by atoms with Gasteiger partial charge in [-0.25, -0.2) is 0 Å². The van der Waals surface area contributed by atoms with E-state index in [1.807, 2.05) is 0 Å². The molecule has 0 atom stereocenters. The first-order valence-electron chi connectivity index (χ1n) is 5.33. The first-order chi connectivity index (χ1) is 8.20. The summed E-state index contributed by atoms with van der Waals surface area (Å²) in [5, 5.41) is 9.61. The Bertz CT molecular complexity index is 371. The van der Waals surface area contributed by atoms with Gasteiger partial charge in [0.1, 0.15) is 5.75 Å². The van der Waals surface area contributed by atoms with Gasteiger partial charge in [-0.2, -0.15) is 0 Å². The standard InChI is InChI=1S/C12H16ClNO3/c1-17-9-8-14(7-6-13)12(16)10-4-2-3-5-11(10)15/h2-5,15H,6-9H2,1H3. The Morgan fingerprint density at radius 1 is 1.41 bits per heavy atom. The molecular formula is C12H16ClNO3. The van der Waals surface area contributed by atoms with E-state index in [9.17, 15) is 9.90 Å². The normalized spacial score (nSPS) is 10.2. The van der Waals surface area contributed by atoms with Crippen LogP contribution in [-0.2, 0) is 4.74 Å². The molecule has 1 aromatic rings. The predicted molar refractivity (Wildman–Crippen MR) is 66.6 cm³/mol. The fourth-order valence-electron chi connectivity index (χ4n) is 1.44. The summed E-state index contributed by atoms with van der Waals surface area (Å²) in [6.45, 7) is 1.32. The lowest BCUT2D eigenvalue weighted by molar-refractivity contribution is 0.0705. The molecule has 0 aliphatic carbocycles. The highest BCUT2D eigenvalue weighted by Crippen LogP contribution is 2.17. The van der Waals surface area contributed by atoms with E-state index in [4.69, 9.17) is 16.3 Å². The summed E-state index contributed by atoms with van der Waals surface area (Å²) in [6.07, 6.45) is 0. The molecule has 0 aromatic heterocycles. The van der Waals surface area contributed by atoms with Gasteiger partial charge in [0.15, 0.2) is 0 Å². The van der Waals surface area contributed by atoms with Crippen LogP contribution in [0.5, 0.6) is 5.75 Å². The molecule has 0 radical (unpaired) electrons. The summed E-state index contributed by atoms with van der Waals surface area (Å²) in [7, 11) is 1.57. The number of hydrogen-bond acceptors (Lipinski definition) is 3. The van der Waals surface area contributed by atoms with Crippen LogP contribution in [-0.4, -0.2) is 48.6 Å². The third kappa shape index (κ3) is 3.91. The Morgan fingerprint density at radius 2 is 2.12 bits per heavy atom. The van der Waals surface area contributed by atoms with E-state index in [1.165, 1.54) is 6.07 Å². The molecule has 0 fully saturated rings. The fraction of sp³-hybridized carbons (Fsp3) is 0.417. The lowest BCUT2D eigenvalue weighted by Gasteiger charge is -2.21. The number of nitrogens with zero attached hydrogens (tertiary/aromatic N) is 1. The quantitative estimate of drug-likeness (QED) is 0.790. The molecule has 4 nitrogen and oxygen atoms in total. The molecule has 1 aromatic carbocycles. The van der Waals surface area contributed by atoms with Gasteiger partial charge in [-0.3, -0.25) is 4.79 Å². The first kappa shape index (κ1) is 13.8. The van der Waals surface area contributed by atoms with Gasteiger partial charge in [-0.15, -0.1) is 11.6 Å². The highest BCUT2D eigenvalue weighted by molar-refractivity contribution is 6.18. The van der Waals surface area contributed by atoms with E-state index in [2.05, 4.69) is 0 Å². The largest absolute Gasteiger partial charge is 0.507 e. The minimum Gasteiger partial charge on any atom is -0.507 e. The van der Waals surface area contributed by atoms with Crippen LogP contribution in [0.2, 0.25) is 0 Å². The monoisotopic (exact) mass is 257 g/mol. The van der Waals surface area contributed by atoms with Crippen molar-refractivity contribution in [2.24, 2.45) is 0 Å². The predicted octanol–water partition coefficient (Wildman–Crippen LogP) is 1.72. The second-order valence-corrected chi connectivity index (χ2v) is 3.87. The number of phenolic OH excluding ortho intramolecular Hbond substituents is 1. The Labute approximate surface area is 106 Å². The number of ether oxygens (including phenoxy) is 1. The Hall–Kier alpha value is -1.26. The van der Waals surface area contributed by atoms with Crippen molar-refractivity contribution in [3.63, 3.8) is 0 Å². The number of alkyl halides is 1. The minimum absolute atomic E-state index is 0.0190. The zero-order valence-corrected chi connectivity index (χ0v) is 10.5. The van der Waals surface area contributed by atoms with Crippen molar-refractivity contribution >= 4 is 17.5 Å². The molecule has 0 saturated carbocycles. The van der Waals surface area contributed by atoms with Gasteiger partial charge in [-0.05, 0) is 12.1 Å². The van der Waals surface area contributed by atoms with Crippen LogP contribution < -0.4 is 0 Å². The summed E-state index contributed by atoms with van der Waals surface area (Å²) in [4.78, 5) is 13.7. The summed E-state index contributed by atoms with van der Waals surface area (Å²) in [5.74, 6) is 0.0959. The van der Waals surface area contributed by atoms with Gasteiger partial charge in [0.05, 0.1) is 12.2 Å². The zero-order valence-electron chi connectivity index (χ0n) is 9.73. The smallest absolute Gasteiger partial charge is 0.257 e. The molecule has 0 aliphatic heterocycles. The van der Waals surface area contributed by atoms with Gasteiger partial charge in [0.25, 0.3) is 5.91 Å². The second-order valence-electron chi connectivity index (χ2n) is 3.49. The number of para-hydroxylation sites is 1. The maximum absolute atomic E-state index is 12.1. The lowest BCUT2D eigenvalue weighted by atomic mass is 10.1. The van der Waals surface area contributed by atoms with Crippen LogP contribution in [0.3, 0.4) is 0 Å². The average Bonchev–Trinajstić information content (AvgIpc) is 2.34. The highest BCUT2D eigenvalue weighted by atomic mass is 35.5. The molecular weight excluding hydrogens is 242 g/mol. The van der Waals surface area contributed by atoms with E-state index in [-0.39, 0.29) is 17.2 Å². The number of halogens is 1. The number of carbonyl (C=O) groups excluding carboxylic acids is 1. The molecule has 1 N–H and O–H groups in total. The van der Waals surface area contributed by atoms with Crippen LogP contribution in [0.15, 0.2) is 24.3 Å². The zero-order chi connectivity index (χ0) is 12.7. The maximum atomic E-state index is 12.1. The number of amides is 1. The van der Waals surface area contributed by atoms with Crippen molar-refractivity contribution in [1.29, 1.82) is 0 Å². The van der Waals surface area contributed by atoms with E-state index in [1.54, 1.807) is 30.2 Å². The van der Waals surface area contributed by atoms with Crippen molar-refractivity contribution in [3.05, 3.63) is 29.8 Å². The van der Waals surface area contributed by atoms with Crippen molar-refractivity contribution in [2.75, 3.05) is 32.7 Å². The molecule has 0 aliphatic rings. The number of phenols is 1. The molecule has 0 saturated heterocycles. The number of methoxy groups -OCH3 is 1. The fourth-order valence-corrected chi connectivity index (χ4v) is 1.65. The number of benzene rings is 1. The van der Waals surface area contributed by atoms with Crippen LogP contribution in [0.1, 0.15) is 10.4 Å². The average molecular weight is 258 g/mol. The second kappa shape index (κ2) is 7.14.